The Bertz CT molecular complexity index is 455. The smallest absolute Gasteiger partial charge is 0.337 e. The molecule has 0 aromatic carbocycles. The Morgan fingerprint density at radius 1 is 1.44 bits per heavy atom. The van der Waals surface area contributed by atoms with Gasteiger partial charge in [-0.15, -0.1) is 11.3 Å². The Hall–Kier alpha value is -0.0800. The number of carbonyl (C=O) groups is 1. The normalized spacial score (nSPS) is 20.5. The fourth-order valence-electron chi connectivity index (χ4n) is 1.82. The van der Waals surface area contributed by atoms with Gasteiger partial charge in [-0.05, 0) is 44.3 Å². The van der Waals surface area contributed by atoms with Crippen molar-refractivity contribution in [2.45, 2.75) is 12.6 Å². The number of hydrogen-bond acceptors (Lipinski definition) is 2. The maximum absolute atomic E-state index is 12.5. The van der Waals surface area contributed by atoms with Crippen molar-refractivity contribution in [1.82, 2.24) is 4.90 Å². The van der Waals surface area contributed by atoms with Crippen LogP contribution in [0.4, 0.5) is 13.2 Å². The monoisotopic (exact) mass is 405 g/mol. The van der Waals surface area contributed by atoms with Crippen molar-refractivity contribution in [2.24, 2.45) is 5.92 Å². The van der Waals surface area contributed by atoms with Gasteiger partial charge in [-0.1, -0.05) is 0 Å². The minimum atomic E-state index is -4.22. The number of halogens is 5. The highest BCUT2D eigenvalue weighted by Gasteiger charge is 2.44. The van der Waals surface area contributed by atoms with Gasteiger partial charge in [0, 0.05) is 17.6 Å². The number of nitrogens with zero attached hydrogens (tertiary/aromatic N) is 1. The van der Waals surface area contributed by atoms with Gasteiger partial charge in [0.05, 0.1) is 14.6 Å². The summed E-state index contributed by atoms with van der Waals surface area (Å²) in [7, 11) is 0. The molecule has 0 bridgehead atoms. The maximum atomic E-state index is 12.5. The molecule has 1 aliphatic heterocycles. The SMILES string of the molecule is O=C(c1cc(Br)c(Br)s1)N1CCC(C(F)(F)F)C1. The molecule has 2 rings (SSSR count). The van der Waals surface area contributed by atoms with E-state index in [9.17, 15) is 18.0 Å². The van der Waals surface area contributed by atoms with Crippen LogP contribution in [0.1, 0.15) is 16.1 Å². The van der Waals surface area contributed by atoms with Gasteiger partial charge in [-0.25, -0.2) is 0 Å². The molecule has 0 aliphatic carbocycles. The zero-order valence-electron chi connectivity index (χ0n) is 8.93. The van der Waals surface area contributed by atoms with Crippen molar-refractivity contribution in [3.8, 4) is 0 Å². The number of rotatable bonds is 1. The number of likely N-dealkylation sites (tertiary alicyclic amines) is 1. The Kier molecular flexibility index (Phi) is 4.08. The predicted octanol–water partition coefficient (Wildman–Crippen LogP) is 4.30. The van der Waals surface area contributed by atoms with Crippen LogP contribution in [-0.2, 0) is 0 Å². The first-order valence-electron chi connectivity index (χ1n) is 5.10. The molecule has 18 heavy (non-hydrogen) atoms. The molecule has 1 aromatic heterocycles. The van der Waals surface area contributed by atoms with Crippen molar-refractivity contribution < 1.29 is 18.0 Å². The number of alkyl halides is 3. The third-order valence-corrected chi connectivity index (χ3v) is 6.04. The van der Waals surface area contributed by atoms with Crippen molar-refractivity contribution in [3.05, 3.63) is 19.2 Å². The number of hydrogen-bond donors (Lipinski definition) is 0. The van der Waals surface area contributed by atoms with Gasteiger partial charge in [0.25, 0.3) is 5.91 Å². The van der Waals surface area contributed by atoms with Crippen LogP contribution in [0.25, 0.3) is 0 Å². The highest BCUT2D eigenvalue weighted by molar-refractivity contribution is 9.13. The first kappa shape index (κ1) is 14.3. The molecule has 2 heterocycles. The predicted molar refractivity (Wildman–Crippen MR) is 69.8 cm³/mol. The summed E-state index contributed by atoms with van der Waals surface area (Å²) in [5.41, 5.74) is 0. The minimum absolute atomic E-state index is 0.0110. The van der Waals surface area contributed by atoms with Crippen LogP contribution in [0.2, 0.25) is 0 Å². The van der Waals surface area contributed by atoms with E-state index in [1.807, 2.05) is 0 Å². The van der Waals surface area contributed by atoms with Gasteiger partial charge in [-0.2, -0.15) is 13.2 Å². The molecule has 1 aromatic rings. The lowest BCUT2D eigenvalue weighted by molar-refractivity contribution is -0.169. The van der Waals surface area contributed by atoms with Gasteiger partial charge >= 0.3 is 6.18 Å². The van der Waals surface area contributed by atoms with Crippen LogP contribution in [-0.4, -0.2) is 30.1 Å². The molecule has 1 saturated heterocycles. The molecule has 2 nitrogen and oxygen atoms in total. The van der Waals surface area contributed by atoms with Crippen LogP contribution in [0.5, 0.6) is 0 Å². The summed E-state index contributed by atoms with van der Waals surface area (Å²) in [6, 6.07) is 1.62. The summed E-state index contributed by atoms with van der Waals surface area (Å²) in [6.45, 7) is -0.0778. The standard InChI is InChI=1S/C10H8Br2F3NOS/c11-6-3-7(18-8(6)12)9(17)16-2-1-5(4-16)10(13,14)15/h3,5H,1-2,4H2. The summed E-state index contributed by atoms with van der Waals surface area (Å²) in [5.74, 6) is -1.73. The van der Waals surface area contributed by atoms with E-state index in [1.165, 1.54) is 16.2 Å². The summed E-state index contributed by atoms with van der Waals surface area (Å²) >= 11 is 7.72. The highest BCUT2D eigenvalue weighted by atomic mass is 79.9. The van der Waals surface area contributed by atoms with E-state index in [0.29, 0.717) is 4.88 Å². The number of carbonyl (C=O) groups excluding carboxylic acids is 1. The molecule has 1 aliphatic rings. The Labute approximate surface area is 122 Å². The zero-order chi connectivity index (χ0) is 13.5. The molecule has 1 amide bonds. The van der Waals surface area contributed by atoms with Crippen molar-refractivity contribution in [2.75, 3.05) is 13.1 Å². The molecule has 0 N–H and O–H groups in total. The summed E-state index contributed by atoms with van der Waals surface area (Å²) in [6.07, 6.45) is -4.23. The second-order valence-corrected chi connectivity index (χ2v) is 7.24. The molecule has 0 spiro atoms. The summed E-state index contributed by atoms with van der Waals surface area (Å²) in [5, 5.41) is 0. The number of thiophene rings is 1. The van der Waals surface area contributed by atoms with Crippen LogP contribution in [0.15, 0.2) is 14.3 Å². The maximum Gasteiger partial charge on any atom is 0.393 e. The lowest BCUT2D eigenvalue weighted by Crippen LogP contribution is -2.31. The van der Waals surface area contributed by atoms with Crippen molar-refractivity contribution in [3.63, 3.8) is 0 Å². The van der Waals surface area contributed by atoms with Crippen LogP contribution < -0.4 is 0 Å². The lowest BCUT2D eigenvalue weighted by atomic mass is 10.1. The van der Waals surface area contributed by atoms with Gasteiger partial charge in [0.1, 0.15) is 0 Å². The van der Waals surface area contributed by atoms with E-state index in [4.69, 9.17) is 0 Å². The van der Waals surface area contributed by atoms with Crippen molar-refractivity contribution in [1.29, 1.82) is 0 Å². The topological polar surface area (TPSA) is 20.3 Å². The molecule has 8 heteroatoms. The van der Waals surface area contributed by atoms with E-state index in [0.717, 1.165) is 8.26 Å². The minimum Gasteiger partial charge on any atom is -0.337 e. The third kappa shape index (κ3) is 2.91. The van der Waals surface area contributed by atoms with E-state index in [1.54, 1.807) is 6.07 Å². The van der Waals surface area contributed by atoms with Crippen LogP contribution in [0.3, 0.4) is 0 Å². The molecule has 1 atom stereocenters. The molecular weight excluding hydrogens is 399 g/mol. The molecule has 1 fully saturated rings. The first-order chi connectivity index (χ1) is 8.29. The number of amides is 1. The highest BCUT2D eigenvalue weighted by Crippen LogP contribution is 2.36. The lowest BCUT2D eigenvalue weighted by Gasteiger charge is -2.17. The van der Waals surface area contributed by atoms with Gasteiger partial charge in [0.2, 0.25) is 0 Å². The quantitative estimate of drug-likeness (QED) is 0.680. The van der Waals surface area contributed by atoms with E-state index < -0.39 is 12.1 Å². The Morgan fingerprint density at radius 2 is 2.11 bits per heavy atom. The molecule has 100 valence electrons. The van der Waals surface area contributed by atoms with Gasteiger partial charge < -0.3 is 4.90 Å². The van der Waals surface area contributed by atoms with E-state index >= 15 is 0 Å². The Morgan fingerprint density at radius 3 is 2.56 bits per heavy atom. The van der Waals surface area contributed by atoms with Gasteiger partial charge in [-0.3, -0.25) is 4.79 Å². The van der Waals surface area contributed by atoms with Gasteiger partial charge in [0.15, 0.2) is 0 Å². The van der Waals surface area contributed by atoms with E-state index in [2.05, 4.69) is 31.9 Å². The molecule has 0 saturated carbocycles. The fraction of sp³-hybridized carbons (Fsp3) is 0.500. The van der Waals surface area contributed by atoms with Crippen molar-refractivity contribution >= 4 is 49.1 Å². The summed E-state index contributed by atoms with van der Waals surface area (Å²) < 4.78 is 39.1. The first-order valence-corrected chi connectivity index (χ1v) is 7.50. The summed E-state index contributed by atoms with van der Waals surface area (Å²) in [4.78, 5) is 13.7. The second kappa shape index (κ2) is 5.13. The Balaban J connectivity index is 2.08. The largest absolute Gasteiger partial charge is 0.393 e. The molecule has 1 unspecified atom stereocenters. The third-order valence-electron chi connectivity index (χ3n) is 2.79. The van der Waals surface area contributed by atoms with Crippen LogP contribution in [0, 0.1) is 5.92 Å². The second-order valence-electron chi connectivity index (χ2n) is 4.01. The van der Waals surface area contributed by atoms with E-state index in [-0.39, 0.29) is 25.4 Å². The zero-order valence-corrected chi connectivity index (χ0v) is 12.9. The average molecular weight is 407 g/mol. The van der Waals surface area contributed by atoms with Crippen LogP contribution >= 0.6 is 43.2 Å². The fourth-order valence-corrected chi connectivity index (χ4v) is 3.82. The molecular formula is C10H8Br2F3NOS. The molecule has 0 radical (unpaired) electrons. The average Bonchev–Trinajstić information content (AvgIpc) is 2.85.